The molecule has 1 aromatic heterocycles. The fraction of sp³-hybridized carbons (Fsp3) is 0.600. The standard InChI is InChI=1S/C10H15ClFN3/c1-4-5-10(2,3)15-8-7(12)6-13-9(11)14-8/h6H,4-5H2,1-3H3,(H,13,14,15). The van der Waals surface area contributed by atoms with Crippen LogP contribution in [0.15, 0.2) is 6.20 Å². The maximum absolute atomic E-state index is 13.3. The molecule has 1 aromatic rings. The van der Waals surface area contributed by atoms with Crippen molar-refractivity contribution in [3.63, 3.8) is 0 Å². The maximum Gasteiger partial charge on any atom is 0.224 e. The van der Waals surface area contributed by atoms with E-state index < -0.39 is 5.82 Å². The number of nitrogens with one attached hydrogen (secondary N) is 1. The summed E-state index contributed by atoms with van der Waals surface area (Å²) >= 11 is 5.59. The Balaban J connectivity index is 2.83. The topological polar surface area (TPSA) is 37.8 Å². The zero-order chi connectivity index (χ0) is 11.5. The Morgan fingerprint density at radius 1 is 1.53 bits per heavy atom. The fourth-order valence-electron chi connectivity index (χ4n) is 1.44. The van der Waals surface area contributed by atoms with E-state index in [0.717, 1.165) is 19.0 Å². The van der Waals surface area contributed by atoms with Crippen LogP contribution in [0.4, 0.5) is 10.2 Å². The second kappa shape index (κ2) is 4.75. The zero-order valence-electron chi connectivity index (χ0n) is 9.14. The van der Waals surface area contributed by atoms with Crippen LogP contribution in [0.1, 0.15) is 33.6 Å². The van der Waals surface area contributed by atoms with Gasteiger partial charge in [0.1, 0.15) is 0 Å². The average molecular weight is 232 g/mol. The van der Waals surface area contributed by atoms with Crippen LogP contribution in [-0.2, 0) is 0 Å². The highest BCUT2D eigenvalue weighted by molar-refractivity contribution is 6.28. The van der Waals surface area contributed by atoms with Gasteiger partial charge in [0.05, 0.1) is 6.20 Å². The first-order valence-electron chi connectivity index (χ1n) is 4.91. The number of rotatable bonds is 4. The SMILES string of the molecule is CCCC(C)(C)Nc1nc(Cl)ncc1F. The summed E-state index contributed by atoms with van der Waals surface area (Å²) in [5.74, 6) is -0.322. The van der Waals surface area contributed by atoms with Crippen LogP contribution in [0.5, 0.6) is 0 Å². The Kier molecular flexibility index (Phi) is 3.85. The molecule has 0 saturated heterocycles. The van der Waals surface area contributed by atoms with Gasteiger partial charge >= 0.3 is 0 Å². The van der Waals surface area contributed by atoms with Crippen molar-refractivity contribution in [2.24, 2.45) is 0 Å². The summed E-state index contributed by atoms with van der Waals surface area (Å²) in [6, 6.07) is 0. The van der Waals surface area contributed by atoms with Gasteiger partial charge in [-0.15, -0.1) is 0 Å². The summed E-state index contributed by atoms with van der Waals surface area (Å²) in [5, 5.41) is 3.07. The quantitative estimate of drug-likeness (QED) is 0.809. The minimum Gasteiger partial charge on any atom is -0.363 e. The second-order valence-corrected chi connectivity index (χ2v) is 4.43. The van der Waals surface area contributed by atoms with Crippen molar-refractivity contribution in [1.82, 2.24) is 9.97 Å². The molecule has 3 nitrogen and oxygen atoms in total. The smallest absolute Gasteiger partial charge is 0.224 e. The molecule has 0 bridgehead atoms. The van der Waals surface area contributed by atoms with E-state index >= 15 is 0 Å². The molecule has 0 aliphatic rings. The van der Waals surface area contributed by atoms with Crippen LogP contribution >= 0.6 is 11.6 Å². The molecule has 0 unspecified atom stereocenters. The summed E-state index contributed by atoms with van der Waals surface area (Å²) in [6.45, 7) is 6.06. The van der Waals surface area contributed by atoms with Gasteiger partial charge in [-0.25, -0.2) is 9.37 Å². The van der Waals surface area contributed by atoms with E-state index in [0.29, 0.717) is 0 Å². The molecule has 0 fully saturated rings. The van der Waals surface area contributed by atoms with Crippen LogP contribution in [0, 0.1) is 5.82 Å². The summed E-state index contributed by atoms with van der Waals surface area (Å²) in [4.78, 5) is 7.36. The van der Waals surface area contributed by atoms with Crippen LogP contribution in [0.3, 0.4) is 0 Å². The molecule has 0 atom stereocenters. The van der Waals surface area contributed by atoms with Gasteiger partial charge in [-0.2, -0.15) is 4.98 Å². The third-order valence-electron chi connectivity index (χ3n) is 2.05. The Morgan fingerprint density at radius 2 is 2.20 bits per heavy atom. The van der Waals surface area contributed by atoms with Crippen LogP contribution in [0.2, 0.25) is 5.28 Å². The highest BCUT2D eigenvalue weighted by Crippen LogP contribution is 2.20. The summed E-state index contributed by atoms with van der Waals surface area (Å²) in [7, 11) is 0. The Bertz CT molecular complexity index is 341. The third-order valence-corrected chi connectivity index (χ3v) is 2.23. The first kappa shape index (κ1) is 12.2. The monoisotopic (exact) mass is 231 g/mol. The van der Waals surface area contributed by atoms with Gasteiger partial charge in [0.15, 0.2) is 11.6 Å². The van der Waals surface area contributed by atoms with E-state index in [-0.39, 0.29) is 16.6 Å². The van der Waals surface area contributed by atoms with Crippen LogP contribution in [0.25, 0.3) is 0 Å². The lowest BCUT2D eigenvalue weighted by Crippen LogP contribution is -2.31. The van der Waals surface area contributed by atoms with E-state index in [1.807, 2.05) is 13.8 Å². The zero-order valence-corrected chi connectivity index (χ0v) is 9.90. The summed E-state index contributed by atoms with van der Waals surface area (Å²) in [5.41, 5.74) is -0.201. The molecule has 0 aromatic carbocycles. The largest absolute Gasteiger partial charge is 0.363 e. The van der Waals surface area contributed by atoms with Gasteiger partial charge in [0.25, 0.3) is 0 Å². The highest BCUT2D eigenvalue weighted by atomic mass is 35.5. The minimum absolute atomic E-state index is 0.0474. The number of aromatic nitrogens is 2. The number of hydrogen-bond acceptors (Lipinski definition) is 3. The Hall–Kier alpha value is -0.900. The molecule has 1 N–H and O–H groups in total. The van der Waals surface area contributed by atoms with E-state index in [4.69, 9.17) is 11.6 Å². The molecule has 0 saturated carbocycles. The van der Waals surface area contributed by atoms with Crippen molar-refractivity contribution in [3.8, 4) is 0 Å². The van der Waals surface area contributed by atoms with Gasteiger partial charge in [-0.3, -0.25) is 0 Å². The number of nitrogens with zero attached hydrogens (tertiary/aromatic N) is 2. The predicted molar refractivity (Wildman–Crippen MR) is 59.6 cm³/mol. The van der Waals surface area contributed by atoms with Crippen molar-refractivity contribution in [2.75, 3.05) is 5.32 Å². The lowest BCUT2D eigenvalue weighted by Gasteiger charge is -2.26. The molecule has 0 aliphatic carbocycles. The predicted octanol–water partition coefficient (Wildman–Crippen LogP) is 3.26. The van der Waals surface area contributed by atoms with E-state index in [1.165, 1.54) is 0 Å². The molecule has 0 aliphatic heterocycles. The summed E-state index contributed by atoms with van der Waals surface area (Å²) in [6.07, 6.45) is 3.01. The molecule has 1 rings (SSSR count). The minimum atomic E-state index is -0.483. The van der Waals surface area contributed by atoms with E-state index in [2.05, 4.69) is 22.2 Å². The second-order valence-electron chi connectivity index (χ2n) is 4.09. The van der Waals surface area contributed by atoms with Gasteiger partial charge in [0, 0.05) is 5.54 Å². The normalized spacial score (nSPS) is 11.5. The van der Waals surface area contributed by atoms with Crippen molar-refractivity contribution in [1.29, 1.82) is 0 Å². The fourth-order valence-corrected chi connectivity index (χ4v) is 1.57. The number of anilines is 1. The molecule has 84 valence electrons. The molecule has 1 heterocycles. The van der Waals surface area contributed by atoms with E-state index in [9.17, 15) is 4.39 Å². The Morgan fingerprint density at radius 3 is 2.80 bits per heavy atom. The molecule has 0 amide bonds. The number of hydrogen-bond donors (Lipinski definition) is 1. The number of halogens is 2. The molecular formula is C10H15ClFN3. The van der Waals surface area contributed by atoms with Crippen molar-refractivity contribution in [2.45, 2.75) is 39.2 Å². The maximum atomic E-state index is 13.3. The van der Waals surface area contributed by atoms with Crippen molar-refractivity contribution >= 4 is 17.4 Å². The third kappa shape index (κ3) is 3.63. The highest BCUT2D eigenvalue weighted by Gasteiger charge is 2.19. The lowest BCUT2D eigenvalue weighted by molar-refractivity contribution is 0.501. The Labute approximate surface area is 94.1 Å². The van der Waals surface area contributed by atoms with E-state index in [1.54, 1.807) is 0 Å². The van der Waals surface area contributed by atoms with Gasteiger partial charge < -0.3 is 5.32 Å². The molecule has 0 radical (unpaired) electrons. The molecular weight excluding hydrogens is 217 g/mol. The van der Waals surface area contributed by atoms with Crippen LogP contribution < -0.4 is 5.32 Å². The first-order chi connectivity index (χ1) is 6.94. The lowest BCUT2D eigenvalue weighted by atomic mass is 9.99. The average Bonchev–Trinajstić information content (AvgIpc) is 2.10. The van der Waals surface area contributed by atoms with Crippen molar-refractivity contribution in [3.05, 3.63) is 17.3 Å². The molecule has 15 heavy (non-hydrogen) atoms. The van der Waals surface area contributed by atoms with Gasteiger partial charge in [0.2, 0.25) is 5.28 Å². The van der Waals surface area contributed by atoms with Crippen LogP contribution in [-0.4, -0.2) is 15.5 Å². The summed E-state index contributed by atoms with van der Waals surface area (Å²) < 4.78 is 13.3. The van der Waals surface area contributed by atoms with Gasteiger partial charge in [-0.05, 0) is 31.9 Å². The molecule has 0 spiro atoms. The first-order valence-corrected chi connectivity index (χ1v) is 5.28. The molecule has 5 heteroatoms. The van der Waals surface area contributed by atoms with Gasteiger partial charge in [-0.1, -0.05) is 13.3 Å². The van der Waals surface area contributed by atoms with Crippen molar-refractivity contribution < 1.29 is 4.39 Å².